The van der Waals surface area contributed by atoms with E-state index in [1.54, 1.807) is 32.1 Å². The summed E-state index contributed by atoms with van der Waals surface area (Å²) in [5.41, 5.74) is 2.88. The highest BCUT2D eigenvalue weighted by Gasteiger charge is 2.34. The lowest BCUT2D eigenvalue weighted by molar-refractivity contribution is -0.122. The zero-order valence-electron chi connectivity index (χ0n) is 24.9. The number of benzene rings is 2. The quantitative estimate of drug-likeness (QED) is 0.160. The van der Waals surface area contributed by atoms with Gasteiger partial charge in [-0.05, 0) is 55.5 Å². The molecule has 1 unspecified atom stereocenters. The maximum Gasteiger partial charge on any atom is 0.266 e. The standard InChI is InChI=1S/C33H40N4O3S3/c1-3-5-14-25(4-2)23-36-32(38)30(42-33(36)41)22-27-24-37(28-16-9-8-10-17-28)34-31(27)26-15-13-18-29(21-26)43(39,40)35-19-11-6-7-12-20-35/h8-10,13,15-18,21-22,24-25H,3-7,11-12,14,19-20,23H2,1-2H3. The summed E-state index contributed by atoms with van der Waals surface area (Å²) in [6, 6.07) is 16.8. The van der Waals surface area contributed by atoms with E-state index in [4.69, 9.17) is 17.3 Å². The summed E-state index contributed by atoms with van der Waals surface area (Å²) >= 11 is 6.98. The zero-order chi connectivity index (χ0) is 30.4. The van der Waals surface area contributed by atoms with Gasteiger partial charge in [0.1, 0.15) is 10.0 Å². The first-order valence-corrected chi connectivity index (χ1v) is 18.0. The molecule has 1 amide bonds. The molecule has 2 aliphatic heterocycles. The van der Waals surface area contributed by atoms with Crippen molar-refractivity contribution >= 4 is 50.3 Å². The molecule has 2 aromatic carbocycles. The van der Waals surface area contributed by atoms with E-state index in [0.717, 1.165) is 62.6 Å². The number of nitrogens with zero attached hydrogens (tertiary/aromatic N) is 4. The van der Waals surface area contributed by atoms with Gasteiger partial charge in [0.2, 0.25) is 10.0 Å². The first-order chi connectivity index (χ1) is 20.8. The smallest absolute Gasteiger partial charge is 0.266 e. The van der Waals surface area contributed by atoms with Gasteiger partial charge in [0, 0.05) is 37.0 Å². The van der Waals surface area contributed by atoms with E-state index in [1.807, 2.05) is 48.7 Å². The summed E-state index contributed by atoms with van der Waals surface area (Å²) in [5, 5.41) is 4.90. The summed E-state index contributed by atoms with van der Waals surface area (Å²) in [6.07, 6.45) is 11.9. The van der Waals surface area contributed by atoms with Gasteiger partial charge in [0.05, 0.1) is 15.5 Å². The topological polar surface area (TPSA) is 75.5 Å². The summed E-state index contributed by atoms with van der Waals surface area (Å²) in [6.45, 7) is 6.06. The molecule has 2 saturated heterocycles. The van der Waals surface area contributed by atoms with Crippen LogP contribution in [0.3, 0.4) is 0 Å². The molecular formula is C33H40N4O3S3. The van der Waals surface area contributed by atoms with Crippen molar-refractivity contribution < 1.29 is 13.2 Å². The minimum atomic E-state index is -3.64. The molecule has 10 heteroatoms. The van der Waals surface area contributed by atoms with Gasteiger partial charge < -0.3 is 0 Å². The molecular weight excluding hydrogens is 597 g/mol. The molecule has 43 heavy (non-hydrogen) atoms. The predicted molar refractivity (Wildman–Crippen MR) is 179 cm³/mol. The van der Waals surface area contributed by atoms with Crippen LogP contribution < -0.4 is 0 Å². The molecule has 2 fully saturated rings. The Kier molecular flexibility index (Phi) is 10.5. The van der Waals surface area contributed by atoms with Crippen LogP contribution in [0.15, 0.2) is 70.6 Å². The number of para-hydroxylation sites is 1. The first-order valence-electron chi connectivity index (χ1n) is 15.3. The number of unbranched alkanes of at least 4 members (excludes halogenated alkanes) is 1. The molecule has 3 heterocycles. The van der Waals surface area contributed by atoms with Crippen LogP contribution in [0.5, 0.6) is 0 Å². The second kappa shape index (κ2) is 14.3. The highest BCUT2D eigenvalue weighted by molar-refractivity contribution is 8.26. The third-order valence-electron chi connectivity index (χ3n) is 8.22. The number of amides is 1. The number of rotatable bonds is 11. The van der Waals surface area contributed by atoms with Gasteiger partial charge in [-0.2, -0.15) is 9.40 Å². The first kappa shape index (κ1) is 31.6. The molecule has 0 bridgehead atoms. The lowest BCUT2D eigenvalue weighted by atomic mass is 9.99. The van der Waals surface area contributed by atoms with Gasteiger partial charge in [-0.15, -0.1) is 0 Å². The minimum absolute atomic E-state index is 0.0825. The maximum absolute atomic E-state index is 13.6. The molecule has 0 aliphatic carbocycles. The van der Waals surface area contributed by atoms with Gasteiger partial charge in [-0.25, -0.2) is 13.1 Å². The maximum atomic E-state index is 13.6. The van der Waals surface area contributed by atoms with Crippen LogP contribution in [0.4, 0.5) is 0 Å². The van der Waals surface area contributed by atoms with Gasteiger partial charge in [-0.1, -0.05) is 100 Å². The minimum Gasteiger partial charge on any atom is -0.293 e. The average molecular weight is 637 g/mol. The molecule has 0 spiro atoms. The zero-order valence-corrected chi connectivity index (χ0v) is 27.4. The number of thiocarbonyl (C=S) groups is 1. The van der Waals surface area contributed by atoms with Crippen molar-refractivity contribution in [3.63, 3.8) is 0 Å². The monoisotopic (exact) mass is 636 g/mol. The van der Waals surface area contributed by atoms with Gasteiger partial charge in [0.25, 0.3) is 5.91 Å². The number of aromatic nitrogens is 2. The average Bonchev–Trinajstić information content (AvgIpc) is 3.40. The highest BCUT2D eigenvalue weighted by atomic mass is 32.2. The Hall–Kier alpha value is -2.79. The Balaban J connectivity index is 1.51. The molecule has 1 atom stereocenters. The Morgan fingerprint density at radius 3 is 2.47 bits per heavy atom. The van der Waals surface area contributed by atoms with Gasteiger partial charge in [-0.3, -0.25) is 9.69 Å². The third kappa shape index (κ3) is 7.30. The van der Waals surface area contributed by atoms with E-state index in [2.05, 4.69) is 13.8 Å². The van der Waals surface area contributed by atoms with Crippen molar-refractivity contribution in [3.05, 3.63) is 71.3 Å². The normalized spacial score (nSPS) is 18.4. The van der Waals surface area contributed by atoms with Crippen LogP contribution in [0.1, 0.15) is 70.8 Å². The lowest BCUT2D eigenvalue weighted by Gasteiger charge is -2.21. The van der Waals surface area contributed by atoms with E-state index in [-0.39, 0.29) is 10.8 Å². The van der Waals surface area contributed by atoms with E-state index in [1.165, 1.54) is 11.8 Å². The molecule has 228 valence electrons. The summed E-state index contributed by atoms with van der Waals surface area (Å²) < 4.78 is 31.2. The van der Waals surface area contributed by atoms with E-state index in [9.17, 15) is 13.2 Å². The van der Waals surface area contributed by atoms with Crippen molar-refractivity contribution in [2.45, 2.75) is 70.1 Å². The van der Waals surface area contributed by atoms with Crippen molar-refractivity contribution in [2.24, 2.45) is 5.92 Å². The summed E-state index contributed by atoms with van der Waals surface area (Å²) in [4.78, 5) is 16.2. The fourth-order valence-corrected chi connectivity index (χ4v) is 8.47. The van der Waals surface area contributed by atoms with Crippen molar-refractivity contribution in [1.82, 2.24) is 19.0 Å². The molecule has 0 saturated carbocycles. The Morgan fingerprint density at radius 1 is 1.02 bits per heavy atom. The summed E-state index contributed by atoms with van der Waals surface area (Å²) in [7, 11) is -3.64. The van der Waals surface area contributed by atoms with Crippen molar-refractivity contribution in [1.29, 1.82) is 0 Å². The number of sulfonamides is 1. The number of hydrogen-bond donors (Lipinski definition) is 0. The predicted octanol–water partition coefficient (Wildman–Crippen LogP) is 7.52. The Morgan fingerprint density at radius 2 is 1.77 bits per heavy atom. The van der Waals surface area contributed by atoms with Crippen molar-refractivity contribution in [3.8, 4) is 16.9 Å². The fourth-order valence-electron chi connectivity index (χ4n) is 5.64. The second-order valence-electron chi connectivity index (χ2n) is 11.3. The third-order valence-corrected chi connectivity index (χ3v) is 11.5. The second-order valence-corrected chi connectivity index (χ2v) is 14.9. The Labute approximate surface area is 265 Å². The van der Waals surface area contributed by atoms with Crippen LogP contribution in [-0.4, -0.2) is 57.3 Å². The molecule has 1 aromatic heterocycles. The van der Waals surface area contributed by atoms with E-state index < -0.39 is 10.0 Å². The molecule has 7 nitrogen and oxygen atoms in total. The molecule has 0 radical (unpaired) electrons. The fraction of sp³-hybridized carbons (Fsp3) is 0.424. The SMILES string of the molecule is CCCCC(CC)CN1C(=O)C(=Cc2cn(-c3ccccc3)nc2-c2cccc(S(=O)(=O)N3CCCCCC3)c2)SC1=S. The van der Waals surface area contributed by atoms with E-state index >= 15 is 0 Å². The highest BCUT2D eigenvalue weighted by Crippen LogP contribution is 2.36. The molecule has 2 aliphatic rings. The van der Waals surface area contributed by atoms with Crippen LogP contribution in [-0.2, 0) is 14.8 Å². The molecule has 0 N–H and O–H groups in total. The Bertz CT molecular complexity index is 1580. The van der Waals surface area contributed by atoms with Crippen molar-refractivity contribution in [2.75, 3.05) is 19.6 Å². The van der Waals surface area contributed by atoms with Crippen LogP contribution in [0.2, 0.25) is 0 Å². The largest absolute Gasteiger partial charge is 0.293 e. The number of thioether (sulfide) groups is 1. The van der Waals surface area contributed by atoms with Gasteiger partial charge in [0.15, 0.2) is 0 Å². The number of carbonyl (C=O) groups is 1. The number of carbonyl (C=O) groups excluding carboxylic acids is 1. The molecule has 5 rings (SSSR count). The van der Waals surface area contributed by atoms with Crippen LogP contribution >= 0.6 is 24.0 Å². The number of hydrogen-bond acceptors (Lipinski definition) is 6. The van der Waals surface area contributed by atoms with Gasteiger partial charge >= 0.3 is 0 Å². The molecule has 3 aromatic rings. The lowest BCUT2D eigenvalue weighted by Crippen LogP contribution is -2.33. The van der Waals surface area contributed by atoms with E-state index in [0.29, 0.717) is 46.0 Å². The summed E-state index contributed by atoms with van der Waals surface area (Å²) in [5.74, 6) is 0.327. The van der Waals surface area contributed by atoms with Crippen LogP contribution in [0.25, 0.3) is 23.0 Å². The van der Waals surface area contributed by atoms with Crippen LogP contribution in [0, 0.1) is 5.92 Å².